The maximum Gasteiger partial charge on any atom is 0.337 e. The predicted octanol–water partition coefficient (Wildman–Crippen LogP) is 3.61. The lowest BCUT2D eigenvalue weighted by molar-refractivity contribution is 0.184. The Morgan fingerprint density at radius 1 is 1.09 bits per heavy atom. The number of fused-ring (bicyclic) bond motifs is 1. The molecule has 9 nitrogen and oxygen atoms in total. The maximum atomic E-state index is 12.6. The van der Waals surface area contributed by atoms with Crippen LogP contribution in [0.5, 0.6) is 11.5 Å². The number of carbonyl (C=O) groups is 1. The van der Waals surface area contributed by atoms with Gasteiger partial charge in [0.2, 0.25) is 0 Å². The summed E-state index contributed by atoms with van der Waals surface area (Å²) in [7, 11) is 2.35. The molecule has 0 spiro atoms. The van der Waals surface area contributed by atoms with E-state index in [1.165, 1.54) is 5.01 Å². The summed E-state index contributed by atoms with van der Waals surface area (Å²) in [6.07, 6.45) is 0.606. The van der Waals surface area contributed by atoms with Crippen LogP contribution >= 0.6 is 10.6 Å². The van der Waals surface area contributed by atoms with Crippen LogP contribution in [-0.2, 0) is 6.42 Å². The molecule has 184 valence electrons. The molecule has 1 fully saturated rings. The molecule has 2 aromatic carbocycles. The van der Waals surface area contributed by atoms with Gasteiger partial charge < -0.3 is 19.7 Å². The zero-order valence-electron chi connectivity index (χ0n) is 19.9. The Hall–Kier alpha value is -2.95. The normalized spacial score (nSPS) is 20.5. The molecule has 3 N–H and O–H groups in total. The van der Waals surface area contributed by atoms with Crippen LogP contribution in [0.3, 0.4) is 0 Å². The van der Waals surface area contributed by atoms with E-state index < -0.39 is 10.6 Å². The van der Waals surface area contributed by atoms with Crippen molar-refractivity contribution in [3.8, 4) is 11.5 Å². The largest absolute Gasteiger partial charge is 0.493 e. The Bertz CT molecular complexity index is 1080. The van der Waals surface area contributed by atoms with Crippen LogP contribution in [-0.4, -0.2) is 77.8 Å². The van der Waals surface area contributed by atoms with E-state index in [1.807, 2.05) is 43.3 Å². The number of carbonyl (C=O) groups excluding carboxylic acids is 1. The van der Waals surface area contributed by atoms with Crippen LogP contribution in [0.25, 0.3) is 0 Å². The first-order valence-corrected chi connectivity index (χ1v) is 13.1. The van der Waals surface area contributed by atoms with Gasteiger partial charge >= 0.3 is 6.03 Å². The van der Waals surface area contributed by atoms with Crippen molar-refractivity contribution < 1.29 is 23.4 Å². The van der Waals surface area contributed by atoms with Crippen molar-refractivity contribution in [1.29, 1.82) is 0 Å². The van der Waals surface area contributed by atoms with Gasteiger partial charge in [-0.25, -0.2) is 9.80 Å². The van der Waals surface area contributed by atoms with E-state index in [2.05, 4.69) is 10.2 Å². The third-order valence-electron chi connectivity index (χ3n) is 6.31. The van der Waals surface area contributed by atoms with Crippen molar-refractivity contribution in [1.82, 2.24) is 10.3 Å². The van der Waals surface area contributed by atoms with Gasteiger partial charge in [-0.2, -0.15) is 15.7 Å². The predicted molar refractivity (Wildman–Crippen MR) is 136 cm³/mol. The van der Waals surface area contributed by atoms with E-state index in [4.69, 9.17) is 14.6 Å². The first kappa shape index (κ1) is 24.2. The van der Waals surface area contributed by atoms with Crippen LogP contribution in [0.15, 0.2) is 41.5 Å². The zero-order chi connectivity index (χ0) is 24.5. The topological polar surface area (TPSA) is 107 Å². The van der Waals surface area contributed by atoms with Gasteiger partial charge in [-0.15, -0.1) is 0 Å². The number of rotatable bonds is 4. The molecule has 2 amide bonds. The summed E-state index contributed by atoms with van der Waals surface area (Å²) in [5.41, 5.74) is 4.44. The van der Waals surface area contributed by atoms with Crippen LogP contribution in [0, 0.1) is 0 Å². The number of amides is 2. The van der Waals surface area contributed by atoms with E-state index in [9.17, 15) is 13.9 Å². The molecule has 34 heavy (non-hydrogen) atoms. The average Bonchev–Trinajstić information content (AvgIpc) is 2.98. The Morgan fingerprint density at radius 3 is 2.29 bits per heavy atom. The summed E-state index contributed by atoms with van der Waals surface area (Å²) in [5.74, 6) is 2.00. The quantitative estimate of drug-likeness (QED) is 0.607. The number of ether oxygens (including phenoxy) is 2. The number of nitrogens with zero attached hydrogens (tertiary/aromatic N) is 3. The van der Waals surface area contributed by atoms with E-state index >= 15 is 0 Å². The van der Waals surface area contributed by atoms with Crippen LogP contribution in [0.2, 0.25) is 0 Å². The first-order valence-electron chi connectivity index (χ1n) is 11.2. The molecule has 2 aliphatic rings. The van der Waals surface area contributed by atoms with Gasteiger partial charge in [0.05, 0.1) is 37.5 Å². The Labute approximate surface area is 201 Å². The van der Waals surface area contributed by atoms with E-state index in [0.29, 0.717) is 48.2 Å². The molecule has 0 bridgehead atoms. The lowest BCUT2D eigenvalue weighted by atomic mass is 9.94. The van der Waals surface area contributed by atoms with Gasteiger partial charge in [0, 0.05) is 37.0 Å². The van der Waals surface area contributed by atoms with Gasteiger partial charge in [-0.3, -0.25) is 9.11 Å². The molecule has 2 heterocycles. The molecule has 0 aromatic heterocycles. The van der Waals surface area contributed by atoms with Crippen molar-refractivity contribution in [2.45, 2.75) is 19.4 Å². The minimum Gasteiger partial charge on any atom is -0.493 e. The molecule has 0 radical (unpaired) electrons. The number of urea groups is 1. The Balaban J connectivity index is 1.75. The molecule has 10 heteroatoms. The van der Waals surface area contributed by atoms with Crippen LogP contribution in [0.4, 0.5) is 10.5 Å². The number of hydrogen-bond donors (Lipinski definition) is 3. The molecular weight excluding hydrogens is 456 g/mol. The molecule has 1 saturated heterocycles. The fourth-order valence-electron chi connectivity index (χ4n) is 4.36. The number of nitrogens with one attached hydrogen (secondary N) is 1. The second-order valence-electron chi connectivity index (χ2n) is 8.51. The van der Waals surface area contributed by atoms with E-state index in [0.717, 1.165) is 22.4 Å². The lowest BCUT2D eigenvalue weighted by Crippen LogP contribution is -2.41. The molecular formula is C24H32N4O5S. The molecule has 4 rings (SSSR count). The summed E-state index contributed by atoms with van der Waals surface area (Å²) in [4.78, 5) is 14.8. The van der Waals surface area contributed by atoms with Crippen molar-refractivity contribution >= 4 is 28.0 Å². The number of hydrazone groups is 1. The van der Waals surface area contributed by atoms with Crippen molar-refractivity contribution in [2.24, 2.45) is 5.10 Å². The van der Waals surface area contributed by atoms with Crippen molar-refractivity contribution in [3.63, 3.8) is 0 Å². The average molecular weight is 489 g/mol. The summed E-state index contributed by atoms with van der Waals surface area (Å²) >= 11 is 0. The third kappa shape index (κ3) is 4.79. The fraction of sp³-hybridized carbons (Fsp3) is 0.417. The standard InChI is InChI=1S/C24H32N4O5S/c1-16-13-18-14-21(32-3)22(33-4)15-20(18)23(26-28(16)24(29)25-2)17-5-7-19(8-6-17)27-9-11-34(30,31)12-10-27/h5-8,14-16,30-31H,9-13H2,1-4H3,(H,25,29)/t16-/m0/s1. The maximum absolute atomic E-state index is 12.6. The van der Waals surface area contributed by atoms with E-state index in [-0.39, 0.29) is 12.1 Å². The van der Waals surface area contributed by atoms with Crippen LogP contribution in [0.1, 0.15) is 23.6 Å². The molecule has 0 aliphatic carbocycles. The highest BCUT2D eigenvalue weighted by molar-refractivity contribution is 8.24. The third-order valence-corrected chi connectivity index (χ3v) is 7.98. The van der Waals surface area contributed by atoms with Crippen molar-refractivity contribution in [3.05, 3.63) is 53.1 Å². The van der Waals surface area contributed by atoms with Gasteiger partial charge in [0.15, 0.2) is 11.5 Å². The highest BCUT2D eigenvalue weighted by Crippen LogP contribution is 2.41. The Kier molecular flexibility index (Phi) is 6.92. The zero-order valence-corrected chi connectivity index (χ0v) is 20.8. The Morgan fingerprint density at radius 2 is 1.71 bits per heavy atom. The second kappa shape index (κ2) is 9.73. The summed E-state index contributed by atoms with van der Waals surface area (Å²) in [6, 6.07) is 11.4. The minimum absolute atomic E-state index is 0.165. The summed E-state index contributed by atoms with van der Waals surface area (Å²) < 4.78 is 30.9. The highest BCUT2D eigenvalue weighted by atomic mass is 32.3. The smallest absolute Gasteiger partial charge is 0.337 e. The lowest BCUT2D eigenvalue weighted by Gasteiger charge is -2.41. The number of anilines is 1. The molecule has 2 aliphatic heterocycles. The van der Waals surface area contributed by atoms with Crippen molar-refractivity contribution in [2.75, 3.05) is 50.8 Å². The number of hydrogen-bond acceptors (Lipinski definition) is 7. The van der Waals surface area contributed by atoms with Gasteiger partial charge in [-0.1, -0.05) is 12.1 Å². The van der Waals surface area contributed by atoms with Gasteiger partial charge in [0.1, 0.15) is 0 Å². The monoisotopic (exact) mass is 488 g/mol. The second-order valence-corrected chi connectivity index (χ2v) is 10.9. The number of methoxy groups -OCH3 is 2. The molecule has 1 atom stereocenters. The number of benzene rings is 2. The SMILES string of the molecule is CNC(=O)N1N=C(c2ccc(N3CCS(O)(O)CC3)cc2)c2cc(OC)c(OC)cc2C[C@@H]1C. The van der Waals surface area contributed by atoms with Gasteiger partial charge in [0.25, 0.3) is 0 Å². The summed E-state index contributed by atoms with van der Waals surface area (Å²) in [5, 5.41) is 8.96. The summed E-state index contributed by atoms with van der Waals surface area (Å²) in [6.45, 7) is 3.17. The minimum atomic E-state index is -2.45. The highest BCUT2D eigenvalue weighted by Gasteiger charge is 2.29. The fourth-order valence-corrected chi connectivity index (χ4v) is 5.59. The van der Waals surface area contributed by atoms with Crippen LogP contribution < -0.4 is 19.7 Å². The van der Waals surface area contributed by atoms with Gasteiger partial charge in [-0.05, 0) is 43.2 Å². The van der Waals surface area contributed by atoms with E-state index in [1.54, 1.807) is 21.3 Å². The molecule has 0 unspecified atom stereocenters. The molecule has 2 aromatic rings. The molecule has 0 saturated carbocycles. The first-order chi connectivity index (χ1) is 16.3.